The number of carbonyl (C=O) groups excluding carboxylic acids is 1. The van der Waals surface area contributed by atoms with Gasteiger partial charge in [0.2, 0.25) is 0 Å². The average molecular weight is 571 g/mol. The molecule has 6 rings (SSSR count). The number of oxime groups is 1. The Morgan fingerprint density at radius 1 is 0.974 bits per heavy atom. The van der Waals surface area contributed by atoms with E-state index in [4.69, 9.17) is 49.1 Å². The number of carbonyl (C=O) groups is 1. The Morgan fingerprint density at radius 2 is 1.71 bits per heavy atom. The summed E-state index contributed by atoms with van der Waals surface area (Å²) >= 11 is 19.7. The number of esters is 1. The third kappa shape index (κ3) is 5.00. The van der Waals surface area contributed by atoms with Crippen LogP contribution in [0.4, 0.5) is 0 Å². The van der Waals surface area contributed by atoms with E-state index >= 15 is 0 Å². The van der Waals surface area contributed by atoms with Crippen LogP contribution in [-0.4, -0.2) is 31.5 Å². The van der Waals surface area contributed by atoms with Gasteiger partial charge >= 0.3 is 5.97 Å². The van der Waals surface area contributed by atoms with E-state index in [0.717, 1.165) is 30.5 Å². The highest BCUT2D eigenvalue weighted by Crippen LogP contribution is 2.56. The summed E-state index contributed by atoms with van der Waals surface area (Å²) < 4.78 is 11.0. The summed E-state index contributed by atoms with van der Waals surface area (Å²) in [5.41, 5.74) is 4.29. The van der Waals surface area contributed by atoms with Crippen LogP contribution in [0.5, 0.6) is 5.75 Å². The van der Waals surface area contributed by atoms with Crippen LogP contribution in [0.1, 0.15) is 58.1 Å². The summed E-state index contributed by atoms with van der Waals surface area (Å²) in [6, 6.07) is 18.9. The Hall–Kier alpha value is -2.73. The van der Waals surface area contributed by atoms with E-state index in [9.17, 15) is 4.79 Å². The normalized spacial score (nSPS) is 23.9. The van der Waals surface area contributed by atoms with Crippen LogP contribution in [0.25, 0.3) is 0 Å². The van der Waals surface area contributed by atoms with Gasteiger partial charge in [-0.2, -0.15) is 0 Å². The lowest BCUT2D eigenvalue weighted by molar-refractivity contribution is 0.0340. The van der Waals surface area contributed by atoms with Crippen molar-refractivity contribution < 1.29 is 19.1 Å². The number of benzene rings is 3. The first-order valence-corrected chi connectivity index (χ1v) is 13.9. The topological polar surface area (TPSA) is 57.1 Å². The summed E-state index contributed by atoms with van der Waals surface area (Å²) in [7, 11) is 1.39. The van der Waals surface area contributed by atoms with Gasteiger partial charge in [-0.3, -0.25) is 0 Å². The summed E-state index contributed by atoms with van der Waals surface area (Å²) in [6.07, 6.45) is 3.20. The zero-order valence-electron chi connectivity index (χ0n) is 20.7. The molecule has 0 saturated heterocycles. The van der Waals surface area contributed by atoms with E-state index in [-0.39, 0.29) is 18.0 Å². The molecule has 8 heteroatoms. The molecular weight excluding hydrogens is 545 g/mol. The summed E-state index contributed by atoms with van der Waals surface area (Å²) in [4.78, 5) is 17.6. The molecule has 5 nitrogen and oxygen atoms in total. The van der Waals surface area contributed by atoms with Crippen LogP contribution in [-0.2, 0) is 9.57 Å². The van der Waals surface area contributed by atoms with Crippen LogP contribution < -0.4 is 4.74 Å². The highest BCUT2D eigenvalue weighted by atomic mass is 35.5. The van der Waals surface area contributed by atoms with Crippen molar-refractivity contribution in [3.05, 3.63) is 98.0 Å². The van der Waals surface area contributed by atoms with Gasteiger partial charge in [-0.25, -0.2) is 4.79 Å². The van der Waals surface area contributed by atoms with Gasteiger partial charge < -0.3 is 14.3 Å². The van der Waals surface area contributed by atoms with E-state index in [1.54, 1.807) is 0 Å². The van der Waals surface area contributed by atoms with Gasteiger partial charge in [0.25, 0.3) is 0 Å². The van der Waals surface area contributed by atoms with Gasteiger partial charge in [0.1, 0.15) is 24.2 Å². The van der Waals surface area contributed by atoms with E-state index < -0.39 is 0 Å². The molecule has 4 atom stereocenters. The van der Waals surface area contributed by atoms with Gasteiger partial charge in [0.15, 0.2) is 0 Å². The lowest BCUT2D eigenvalue weighted by Crippen LogP contribution is -2.31. The Balaban J connectivity index is 1.14. The molecule has 3 aromatic carbocycles. The minimum absolute atomic E-state index is 0.0510. The molecule has 0 spiro atoms. The molecule has 2 fully saturated rings. The van der Waals surface area contributed by atoms with E-state index in [1.165, 1.54) is 12.7 Å². The first-order valence-electron chi connectivity index (χ1n) is 12.7. The highest BCUT2D eigenvalue weighted by molar-refractivity contribution is 6.40. The maximum absolute atomic E-state index is 11.7. The number of hydrogen-bond donors (Lipinski definition) is 0. The average Bonchev–Trinajstić information content (AvgIpc) is 3.85. The molecule has 0 bridgehead atoms. The Bertz CT molecular complexity index is 1380. The zero-order valence-corrected chi connectivity index (χ0v) is 23.0. The highest BCUT2D eigenvalue weighted by Gasteiger charge is 2.46. The monoisotopic (exact) mass is 569 g/mol. The molecule has 0 amide bonds. The molecule has 3 aromatic rings. The molecule has 2 saturated carbocycles. The van der Waals surface area contributed by atoms with Crippen LogP contribution in [0, 0.1) is 11.8 Å². The second kappa shape index (κ2) is 10.4. The lowest BCUT2D eigenvalue weighted by atomic mass is 9.90. The number of nitrogens with zero attached hydrogens (tertiary/aromatic N) is 1. The number of hydrogen-bond acceptors (Lipinski definition) is 5. The van der Waals surface area contributed by atoms with E-state index in [2.05, 4.69) is 11.2 Å². The zero-order chi connectivity index (χ0) is 26.4. The van der Waals surface area contributed by atoms with Crippen molar-refractivity contribution >= 4 is 46.5 Å². The number of rotatable bonds is 8. The van der Waals surface area contributed by atoms with Gasteiger partial charge in [-0.1, -0.05) is 64.2 Å². The third-order valence-corrected chi connectivity index (χ3v) is 8.63. The first-order chi connectivity index (χ1) is 18.4. The van der Waals surface area contributed by atoms with Crippen molar-refractivity contribution in [2.24, 2.45) is 17.0 Å². The molecule has 1 aliphatic heterocycles. The minimum atomic E-state index is -0.330. The Kier molecular flexibility index (Phi) is 7.02. The molecule has 0 aromatic heterocycles. The molecule has 4 unspecified atom stereocenters. The molecule has 2 aliphatic carbocycles. The maximum atomic E-state index is 11.7. The van der Waals surface area contributed by atoms with Gasteiger partial charge in [-0.15, -0.1) is 0 Å². The fourth-order valence-electron chi connectivity index (χ4n) is 5.38. The van der Waals surface area contributed by atoms with Gasteiger partial charge in [-0.05, 0) is 84.5 Å². The fourth-order valence-corrected chi connectivity index (χ4v) is 6.28. The summed E-state index contributed by atoms with van der Waals surface area (Å²) in [6.45, 7) is 0.385. The predicted octanol–water partition coefficient (Wildman–Crippen LogP) is 7.91. The molecule has 0 N–H and O–H groups in total. The number of methoxy groups -OCH3 is 1. The Labute approximate surface area is 236 Å². The second-order valence-electron chi connectivity index (χ2n) is 10.1. The van der Waals surface area contributed by atoms with Gasteiger partial charge in [0.05, 0.1) is 28.6 Å². The minimum Gasteiger partial charge on any atom is -0.493 e. The number of ether oxygens (including phenoxy) is 2. The van der Waals surface area contributed by atoms with Crippen molar-refractivity contribution in [1.29, 1.82) is 0 Å². The maximum Gasteiger partial charge on any atom is 0.337 e. The van der Waals surface area contributed by atoms with E-state index in [0.29, 0.717) is 56.3 Å². The summed E-state index contributed by atoms with van der Waals surface area (Å²) in [5.74, 6) is 1.46. The number of halogens is 3. The van der Waals surface area contributed by atoms with Crippen molar-refractivity contribution in [2.45, 2.75) is 37.2 Å². The third-order valence-electron chi connectivity index (χ3n) is 7.68. The molecule has 0 radical (unpaired) electrons. The van der Waals surface area contributed by atoms with Gasteiger partial charge in [0, 0.05) is 10.6 Å². The molecule has 3 aliphatic rings. The molecule has 196 valence electrons. The van der Waals surface area contributed by atoms with Crippen molar-refractivity contribution in [3.63, 3.8) is 0 Å². The molecule has 38 heavy (non-hydrogen) atoms. The van der Waals surface area contributed by atoms with Crippen molar-refractivity contribution in [1.82, 2.24) is 0 Å². The quantitative estimate of drug-likeness (QED) is 0.258. The van der Waals surface area contributed by atoms with Crippen LogP contribution in [0.3, 0.4) is 0 Å². The second-order valence-corrected chi connectivity index (χ2v) is 11.4. The van der Waals surface area contributed by atoms with Crippen molar-refractivity contribution in [2.75, 3.05) is 13.7 Å². The fraction of sp³-hybridized carbons (Fsp3) is 0.333. The smallest absolute Gasteiger partial charge is 0.337 e. The van der Waals surface area contributed by atoms with E-state index in [1.807, 2.05) is 54.6 Å². The standard InChI is InChI=1S/C30H26Cl3NO4/c1-36-30(35)18-9-5-16(6-10-18)21-14-22(21)20-12-11-19(13-26(20)33)37-15-23-28(34-38-29(23)17-7-8-17)27-24(31)3-2-4-25(27)32/h2-6,9-13,17,21-23,29H,7-8,14-15H2,1H3. The van der Waals surface area contributed by atoms with Crippen LogP contribution >= 0.6 is 34.8 Å². The predicted molar refractivity (Wildman–Crippen MR) is 149 cm³/mol. The first kappa shape index (κ1) is 25.5. The lowest BCUT2D eigenvalue weighted by Gasteiger charge is -2.20. The SMILES string of the molecule is COC(=O)c1ccc(C2CC2c2ccc(OCC3C(c4c(Cl)cccc4Cl)=NOC3C3CC3)cc2Cl)cc1. The Morgan fingerprint density at radius 3 is 2.37 bits per heavy atom. The largest absolute Gasteiger partial charge is 0.493 e. The van der Waals surface area contributed by atoms with Crippen LogP contribution in [0.15, 0.2) is 65.8 Å². The van der Waals surface area contributed by atoms with Crippen molar-refractivity contribution in [3.8, 4) is 5.75 Å². The van der Waals surface area contributed by atoms with Crippen LogP contribution in [0.2, 0.25) is 15.1 Å². The summed E-state index contributed by atoms with van der Waals surface area (Å²) in [5, 5.41) is 6.18. The molecular formula is C30H26Cl3NO4. The molecule has 1 heterocycles.